The topological polar surface area (TPSA) is 105 Å². The first kappa shape index (κ1) is 16.1. The Labute approximate surface area is 139 Å². The number of ether oxygens (including phenoxy) is 1. The SMILES string of the molecule is Cc1cc(O)ccc1NS(=O)(=O)c1ccc2c(c1)NC(=O)C(C)O2. The number of phenolic OH excluding ortho intramolecular Hbond substituents is 1. The maximum atomic E-state index is 12.5. The van der Waals surface area contributed by atoms with Gasteiger partial charge in [0, 0.05) is 0 Å². The van der Waals surface area contributed by atoms with Crippen LogP contribution in [0.25, 0.3) is 0 Å². The zero-order valence-corrected chi connectivity index (χ0v) is 13.8. The number of rotatable bonds is 3. The molecule has 1 atom stereocenters. The van der Waals surface area contributed by atoms with Gasteiger partial charge in [-0.1, -0.05) is 0 Å². The number of nitrogens with one attached hydrogen (secondary N) is 2. The zero-order valence-electron chi connectivity index (χ0n) is 13.0. The Hall–Kier alpha value is -2.74. The third kappa shape index (κ3) is 3.00. The van der Waals surface area contributed by atoms with Crippen LogP contribution in [0, 0.1) is 6.92 Å². The van der Waals surface area contributed by atoms with Crippen molar-refractivity contribution in [2.24, 2.45) is 0 Å². The molecular formula is C16H16N2O5S. The second kappa shape index (κ2) is 5.72. The molecule has 0 spiro atoms. The summed E-state index contributed by atoms with van der Waals surface area (Å²) in [5, 5.41) is 12.0. The van der Waals surface area contributed by atoms with Gasteiger partial charge in [0.1, 0.15) is 11.5 Å². The van der Waals surface area contributed by atoms with Crippen molar-refractivity contribution in [2.75, 3.05) is 10.0 Å². The summed E-state index contributed by atoms with van der Waals surface area (Å²) in [5.41, 5.74) is 1.25. The second-order valence-corrected chi connectivity index (χ2v) is 7.19. The lowest BCUT2D eigenvalue weighted by Crippen LogP contribution is -2.34. The molecule has 24 heavy (non-hydrogen) atoms. The smallest absolute Gasteiger partial charge is 0.265 e. The van der Waals surface area contributed by atoms with E-state index in [1.165, 1.54) is 36.4 Å². The average molecular weight is 348 g/mol. The van der Waals surface area contributed by atoms with Crippen LogP contribution in [-0.2, 0) is 14.8 Å². The van der Waals surface area contributed by atoms with Crippen LogP contribution in [0.15, 0.2) is 41.3 Å². The third-order valence-electron chi connectivity index (χ3n) is 3.65. The van der Waals surface area contributed by atoms with Crippen LogP contribution in [0.2, 0.25) is 0 Å². The van der Waals surface area contributed by atoms with Gasteiger partial charge in [0.15, 0.2) is 6.10 Å². The highest BCUT2D eigenvalue weighted by molar-refractivity contribution is 7.92. The molecule has 126 valence electrons. The number of benzene rings is 2. The number of hydrogen-bond acceptors (Lipinski definition) is 5. The van der Waals surface area contributed by atoms with Crippen molar-refractivity contribution in [3.8, 4) is 11.5 Å². The molecule has 0 saturated carbocycles. The molecule has 0 radical (unpaired) electrons. The maximum absolute atomic E-state index is 12.5. The van der Waals surface area contributed by atoms with Gasteiger partial charge in [-0.15, -0.1) is 0 Å². The molecule has 0 aromatic heterocycles. The fraction of sp³-hybridized carbons (Fsp3) is 0.188. The molecule has 7 nitrogen and oxygen atoms in total. The van der Waals surface area contributed by atoms with E-state index >= 15 is 0 Å². The second-order valence-electron chi connectivity index (χ2n) is 5.51. The Morgan fingerprint density at radius 2 is 1.96 bits per heavy atom. The number of amides is 1. The van der Waals surface area contributed by atoms with Crippen molar-refractivity contribution in [1.29, 1.82) is 0 Å². The van der Waals surface area contributed by atoms with Crippen LogP contribution >= 0.6 is 0 Å². The van der Waals surface area contributed by atoms with Crippen molar-refractivity contribution in [1.82, 2.24) is 0 Å². The Morgan fingerprint density at radius 3 is 2.67 bits per heavy atom. The van der Waals surface area contributed by atoms with Gasteiger partial charge >= 0.3 is 0 Å². The van der Waals surface area contributed by atoms with Gasteiger partial charge in [-0.05, 0) is 55.8 Å². The van der Waals surface area contributed by atoms with E-state index in [4.69, 9.17) is 4.74 Å². The lowest BCUT2D eigenvalue weighted by molar-refractivity contribution is -0.122. The number of fused-ring (bicyclic) bond motifs is 1. The molecule has 1 unspecified atom stereocenters. The normalized spacial score (nSPS) is 16.8. The number of hydrogen-bond donors (Lipinski definition) is 3. The van der Waals surface area contributed by atoms with Crippen molar-refractivity contribution in [3.63, 3.8) is 0 Å². The molecule has 0 bridgehead atoms. The molecule has 1 heterocycles. The summed E-state index contributed by atoms with van der Waals surface area (Å²) in [6.07, 6.45) is -0.627. The fourth-order valence-electron chi connectivity index (χ4n) is 2.32. The Balaban J connectivity index is 1.93. The van der Waals surface area contributed by atoms with Gasteiger partial charge in [-0.25, -0.2) is 8.42 Å². The summed E-state index contributed by atoms with van der Waals surface area (Å²) in [5.74, 6) is 0.138. The van der Waals surface area contributed by atoms with Gasteiger partial charge in [0.25, 0.3) is 15.9 Å². The molecule has 8 heteroatoms. The van der Waals surface area contributed by atoms with E-state index in [0.29, 0.717) is 22.7 Å². The van der Waals surface area contributed by atoms with E-state index in [1.54, 1.807) is 13.8 Å². The molecular weight excluding hydrogens is 332 g/mol. The summed E-state index contributed by atoms with van der Waals surface area (Å²) in [4.78, 5) is 11.7. The lowest BCUT2D eigenvalue weighted by Gasteiger charge is -2.23. The maximum Gasteiger partial charge on any atom is 0.265 e. The van der Waals surface area contributed by atoms with Crippen molar-refractivity contribution in [3.05, 3.63) is 42.0 Å². The van der Waals surface area contributed by atoms with E-state index in [9.17, 15) is 18.3 Å². The predicted molar refractivity (Wildman–Crippen MR) is 88.8 cm³/mol. The summed E-state index contributed by atoms with van der Waals surface area (Å²) in [6, 6.07) is 8.59. The number of anilines is 2. The van der Waals surface area contributed by atoms with E-state index in [-0.39, 0.29) is 16.6 Å². The highest BCUT2D eigenvalue weighted by Gasteiger charge is 2.25. The van der Waals surface area contributed by atoms with Crippen LogP contribution in [0.1, 0.15) is 12.5 Å². The first-order chi connectivity index (χ1) is 11.3. The van der Waals surface area contributed by atoms with E-state index in [0.717, 1.165) is 0 Å². The fourth-order valence-corrected chi connectivity index (χ4v) is 3.48. The summed E-state index contributed by atoms with van der Waals surface area (Å²) < 4.78 is 33.0. The van der Waals surface area contributed by atoms with Crippen molar-refractivity contribution < 1.29 is 23.1 Å². The Bertz CT molecular complexity index is 924. The van der Waals surface area contributed by atoms with Crippen molar-refractivity contribution in [2.45, 2.75) is 24.8 Å². The molecule has 2 aromatic carbocycles. The minimum atomic E-state index is -3.85. The first-order valence-electron chi connectivity index (χ1n) is 7.20. The number of carbonyl (C=O) groups excluding carboxylic acids is 1. The van der Waals surface area contributed by atoms with E-state index in [1.807, 2.05) is 0 Å². The Morgan fingerprint density at radius 1 is 1.21 bits per heavy atom. The van der Waals surface area contributed by atoms with Gasteiger partial charge in [-0.3, -0.25) is 9.52 Å². The highest BCUT2D eigenvalue weighted by atomic mass is 32.2. The monoisotopic (exact) mass is 348 g/mol. The summed E-state index contributed by atoms with van der Waals surface area (Å²) in [7, 11) is -3.85. The van der Waals surface area contributed by atoms with Gasteiger partial charge in [0.05, 0.1) is 16.3 Å². The molecule has 0 fully saturated rings. The number of aromatic hydroxyl groups is 1. The van der Waals surface area contributed by atoms with E-state index < -0.39 is 16.1 Å². The molecule has 0 saturated heterocycles. The number of phenols is 1. The summed E-state index contributed by atoms with van der Waals surface area (Å²) in [6.45, 7) is 3.29. The molecule has 1 amide bonds. The van der Waals surface area contributed by atoms with E-state index in [2.05, 4.69) is 10.0 Å². The standard InChI is InChI=1S/C16H16N2O5S/c1-9-7-11(19)3-5-13(9)18-24(21,22)12-4-6-15-14(8-12)17-16(20)10(2)23-15/h3-8,10,18-19H,1-2H3,(H,17,20). The molecule has 3 N–H and O–H groups in total. The van der Waals surface area contributed by atoms with Crippen LogP contribution in [0.5, 0.6) is 11.5 Å². The van der Waals surface area contributed by atoms with Crippen LogP contribution in [0.3, 0.4) is 0 Å². The molecule has 2 aromatic rings. The number of aryl methyl sites for hydroxylation is 1. The lowest BCUT2D eigenvalue weighted by atomic mass is 10.2. The molecule has 1 aliphatic heterocycles. The van der Waals surface area contributed by atoms with Gasteiger partial charge in [-0.2, -0.15) is 0 Å². The molecule has 1 aliphatic rings. The van der Waals surface area contributed by atoms with Gasteiger partial charge in [0.2, 0.25) is 0 Å². The third-order valence-corrected chi connectivity index (χ3v) is 5.01. The number of carbonyl (C=O) groups is 1. The zero-order chi connectivity index (χ0) is 17.5. The average Bonchev–Trinajstić information content (AvgIpc) is 2.51. The largest absolute Gasteiger partial charge is 0.508 e. The summed E-state index contributed by atoms with van der Waals surface area (Å²) >= 11 is 0. The first-order valence-corrected chi connectivity index (χ1v) is 8.68. The number of sulfonamides is 1. The highest BCUT2D eigenvalue weighted by Crippen LogP contribution is 2.32. The van der Waals surface area contributed by atoms with Crippen LogP contribution in [0.4, 0.5) is 11.4 Å². The Kier molecular flexibility index (Phi) is 3.84. The van der Waals surface area contributed by atoms with Crippen LogP contribution in [-0.4, -0.2) is 25.5 Å². The minimum absolute atomic E-state index is 0.00724. The quantitative estimate of drug-likeness (QED) is 0.738. The van der Waals surface area contributed by atoms with Crippen LogP contribution < -0.4 is 14.8 Å². The molecule has 0 aliphatic carbocycles. The predicted octanol–water partition coefficient (Wildman–Crippen LogP) is 2.22. The minimum Gasteiger partial charge on any atom is -0.508 e. The van der Waals surface area contributed by atoms with Crippen molar-refractivity contribution >= 4 is 27.3 Å². The molecule has 3 rings (SSSR count). The van der Waals surface area contributed by atoms with Gasteiger partial charge < -0.3 is 15.2 Å².